The van der Waals surface area contributed by atoms with E-state index in [-0.39, 0.29) is 34.4 Å². The van der Waals surface area contributed by atoms with Gasteiger partial charge in [-0.3, -0.25) is 0 Å². The summed E-state index contributed by atoms with van der Waals surface area (Å²) in [6.45, 7) is 3.08. The van der Waals surface area contributed by atoms with Crippen molar-refractivity contribution in [1.29, 1.82) is 5.26 Å². The minimum atomic E-state index is -3.30. The van der Waals surface area contributed by atoms with E-state index < -0.39 is 9.84 Å². The van der Waals surface area contributed by atoms with Crippen molar-refractivity contribution >= 4 is 27.4 Å². The second kappa shape index (κ2) is 9.61. The molecule has 0 bridgehead atoms. The molecule has 1 aliphatic rings. The summed E-state index contributed by atoms with van der Waals surface area (Å²) in [4.78, 5) is 21.8. The molecular weight excluding hydrogens is 422 g/mol. The molecule has 0 radical (unpaired) electrons. The van der Waals surface area contributed by atoms with Gasteiger partial charge in [0.2, 0.25) is 5.88 Å². The Balaban J connectivity index is 1.69. The minimum absolute atomic E-state index is 0.141. The predicted octanol–water partition coefficient (Wildman–Crippen LogP) is 2.50. The van der Waals surface area contributed by atoms with Crippen LogP contribution in [0.1, 0.15) is 25.3 Å². The zero-order valence-electron chi connectivity index (χ0n) is 17.2. The van der Waals surface area contributed by atoms with Gasteiger partial charge in [-0.25, -0.2) is 23.2 Å². The van der Waals surface area contributed by atoms with E-state index in [2.05, 4.69) is 21.4 Å². The maximum atomic E-state index is 11.8. The molecule has 2 heterocycles. The van der Waals surface area contributed by atoms with Gasteiger partial charge in [0.25, 0.3) is 0 Å². The Hall–Kier alpha value is -3.39. The average Bonchev–Trinajstić information content (AvgIpc) is 2.74. The van der Waals surface area contributed by atoms with Gasteiger partial charge in [0.15, 0.2) is 21.2 Å². The van der Waals surface area contributed by atoms with Crippen LogP contribution < -0.4 is 10.1 Å². The lowest BCUT2D eigenvalue weighted by Gasteiger charge is -2.31. The van der Waals surface area contributed by atoms with Crippen molar-refractivity contribution in [2.75, 3.05) is 31.3 Å². The largest absolute Gasteiger partial charge is 0.473 e. The van der Waals surface area contributed by atoms with Crippen LogP contribution >= 0.6 is 0 Å². The standard InChI is InChI=1S/C20H23N5O5S/c1-3-29-20(26)25-10-8-15(9-11-25)30-19-17(12-21)18(22-13-23-19)24-14-4-6-16(7-5-14)31(2,27)28/h4-7,13,15H,3,8-11H2,1-2H3,(H,22,23,24). The number of nitrogens with one attached hydrogen (secondary N) is 1. The van der Waals surface area contributed by atoms with Crippen molar-refractivity contribution in [2.24, 2.45) is 0 Å². The van der Waals surface area contributed by atoms with Crippen molar-refractivity contribution < 1.29 is 22.7 Å². The highest BCUT2D eigenvalue weighted by atomic mass is 32.2. The molecule has 1 amide bonds. The molecular formula is C20H23N5O5S. The summed E-state index contributed by atoms with van der Waals surface area (Å²) >= 11 is 0. The molecule has 164 valence electrons. The third kappa shape index (κ3) is 5.61. The van der Waals surface area contributed by atoms with E-state index in [1.807, 2.05) is 0 Å². The van der Waals surface area contributed by atoms with Crippen LogP contribution in [0.5, 0.6) is 5.88 Å². The van der Waals surface area contributed by atoms with Crippen LogP contribution in [0, 0.1) is 11.3 Å². The molecule has 1 aromatic carbocycles. The molecule has 1 saturated heterocycles. The minimum Gasteiger partial charge on any atom is -0.473 e. The van der Waals surface area contributed by atoms with Gasteiger partial charge in [-0.05, 0) is 31.2 Å². The van der Waals surface area contributed by atoms with Gasteiger partial charge in [0.05, 0.1) is 11.5 Å². The van der Waals surface area contributed by atoms with Crippen LogP contribution in [0.15, 0.2) is 35.5 Å². The van der Waals surface area contributed by atoms with E-state index in [1.54, 1.807) is 24.0 Å². The fourth-order valence-electron chi connectivity index (χ4n) is 3.11. The summed E-state index contributed by atoms with van der Waals surface area (Å²) in [5.41, 5.74) is 0.707. The normalized spacial score (nSPS) is 14.5. The Morgan fingerprint density at radius 3 is 2.52 bits per heavy atom. The zero-order chi connectivity index (χ0) is 22.4. The van der Waals surface area contributed by atoms with E-state index in [1.165, 1.54) is 18.5 Å². The second-order valence-corrected chi connectivity index (χ2v) is 8.95. The lowest BCUT2D eigenvalue weighted by atomic mass is 10.1. The lowest BCUT2D eigenvalue weighted by molar-refractivity contribution is 0.0687. The number of likely N-dealkylation sites (tertiary alicyclic amines) is 1. The number of nitrogens with zero attached hydrogens (tertiary/aromatic N) is 4. The van der Waals surface area contributed by atoms with E-state index in [0.717, 1.165) is 6.26 Å². The summed E-state index contributed by atoms with van der Waals surface area (Å²) < 4.78 is 34.1. The van der Waals surface area contributed by atoms with Crippen LogP contribution in [0.2, 0.25) is 0 Å². The Morgan fingerprint density at radius 1 is 1.26 bits per heavy atom. The molecule has 31 heavy (non-hydrogen) atoms. The molecule has 1 N–H and O–H groups in total. The smallest absolute Gasteiger partial charge is 0.409 e. The van der Waals surface area contributed by atoms with E-state index in [9.17, 15) is 18.5 Å². The maximum absolute atomic E-state index is 11.8. The first-order valence-electron chi connectivity index (χ1n) is 9.72. The Morgan fingerprint density at radius 2 is 1.94 bits per heavy atom. The number of nitriles is 1. The van der Waals surface area contributed by atoms with Gasteiger partial charge in [0, 0.05) is 37.9 Å². The van der Waals surface area contributed by atoms with Gasteiger partial charge in [0.1, 0.15) is 18.5 Å². The van der Waals surface area contributed by atoms with Crippen molar-refractivity contribution in [2.45, 2.75) is 30.8 Å². The molecule has 0 unspecified atom stereocenters. The number of piperidine rings is 1. The molecule has 1 aromatic heterocycles. The first-order chi connectivity index (χ1) is 14.8. The number of carbonyl (C=O) groups is 1. The van der Waals surface area contributed by atoms with E-state index >= 15 is 0 Å². The zero-order valence-corrected chi connectivity index (χ0v) is 18.1. The number of amides is 1. The lowest BCUT2D eigenvalue weighted by Crippen LogP contribution is -2.42. The predicted molar refractivity (Wildman–Crippen MR) is 112 cm³/mol. The summed E-state index contributed by atoms with van der Waals surface area (Å²) in [7, 11) is -3.30. The van der Waals surface area contributed by atoms with E-state index in [0.29, 0.717) is 38.2 Å². The average molecular weight is 446 g/mol. The molecule has 1 fully saturated rings. The van der Waals surface area contributed by atoms with Crippen molar-refractivity contribution in [3.63, 3.8) is 0 Å². The number of hydrogen-bond acceptors (Lipinski definition) is 9. The molecule has 10 nitrogen and oxygen atoms in total. The highest BCUT2D eigenvalue weighted by Crippen LogP contribution is 2.27. The summed E-state index contributed by atoms with van der Waals surface area (Å²) in [6, 6.07) is 8.18. The van der Waals surface area contributed by atoms with Crippen molar-refractivity contribution in [3.05, 3.63) is 36.2 Å². The molecule has 3 rings (SSSR count). The summed E-state index contributed by atoms with van der Waals surface area (Å²) in [6.07, 6.45) is 3.06. The maximum Gasteiger partial charge on any atom is 0.409 e. The topological polar surface area (TPSA) is 135 Å². The molecule has 1 aliphatic heterocycles. The van der Waals surface area contributed by atoms with Gasteiger partial charge < -0.3 is 19.7 Å². The molecule has 2 aromatic rings. The van der Waals surface area contributed by atoms with Crippen LogP contribution in [0.25, 0.3) is 0 Å². The van der Waals surface area contributed by atoms with Gasteiger partial charge in [-0.1, -0.05) is 0 Å². The Labute approximate surface area is 180 Å². The number of hydrogen-bond donors (Lipinski definition) is 1. The first-order valence-corrected chi connectivity index (χ1v) is 11.6. The third-order valence-electron chi connectivity index (χ3n) is 4.72. The molecule has 0 atom stereocenters. The van der Waals surface area contributed by atoms with Crippen molar-refractivity contribution in [1.82, 2.24) is 14.9 Å². The third-order valence-corrected chi connectivity index (χ3v) is 5.84. The van der Waals surface area contributed by atoms with Crippen LogP contribution in [-0.4, -0.2) is 61.4 Å². The van der Waals surface area contributed by atoms with Crippen molar-refractivity contribution in [3.8, 4) is 11.9 Å². The fraction of sp³-hybridized carbons (Fsp3) is 0.400. The SMILES string of the molecule is CCOC(=O)N1CCC(Oc2ncnc(Nc3ccc(S(C)(=O)=O)cc3)c2C#N)CC1. The summed E-state index contributed by atoms with van der Waals surface area (Å²) in [5, 5.41) is 12.6. The van der Waals surface area contributed by atoms with Crippen LogP contribution in [0.3, 0.4) is 0 Å². The number of rotatable bonds is 6. The molecule has 11 heteroatoms. The number of aromatic nitrogens is 2. The van der Waals surface area contributed by atoms with Crippen LogP contribution in [-0.2, 0) is 14.6 Å². The highest BCUT2D eigenvalue weighted by Gasteiger charge is 2.26. The van der Waals surface area contributed by atoms with Gasteiger partial charge >= 0.3 is 6.09 Å². The molecule has 0 saturated carbocycles. The summed E-state index contributed by atoms with van der Waals surface area (Å²) in [5.74, 6) is 0.408. The number of sulfone groups is 1. The van der Waals surface area contributed by atoms with E-state index in [4.69, 9.17) is 9.47 Å². The Bertz CT molecular complexity index is 1070. The highest BCUT2D eigenvalue weighted by molar-refractivity contribution is 7.90. The molecule has 0 spiro atoms. The number of benzene rings is 1. The second-order valence-electron chi connectivity index (χ2n) is 6.94. The monoisotopic (exact) mass is 445 g/mol. The Kier molecular flexibility index (Phi) is 6.91. The van der Waals surface area contributed by atoms with Gasteiger partial charge in [-0.15, -0.1) is 0 Å². The number of anilines is 2. The number of ether oxygens (including phenoxy) is 2. The quantitative estimate of drug-likeness (QED) is 0.711. The molecule has 0 aliphatic carbocycles. The van der Waals surface area contributed by atoms with Gasteiger partial charge in [-0.2, -0.15) is 5.26 Å². The van der Waals surface area contributed by atoms with Crippen LogP contribution in [0.4, 0.5) is 16.3 Å². The fourth-order valence-corrected chi connectivity index (χ4v) is 3.74. The first kappa shape index (κ1) is 22.3. The number of carbonyl (C=O) groups excluding carboxylic acids is 1.